The van der Waals surface area contributed by atoms with Crippen molar-refractivity contribution in [3.63, 3.8) is 0 Å². The van der Waals surface area contributed by atoms with Crippen molar-refractivity contribution in [2.24, 2.45) is 0 Å². The number of nitrogens with one attached hydrogen (secondary N) is 1. The van der Waals surface area contributed by atoms with Crippen LogP contribution in [0.1, 0.15) is 25.3 Å². The second-order valence-electron chi connectivity index (χ2n) is 5.62. The number of Topliss-reactive ketones (excluding diaryl/α,β-unsaturated/α-hetero) is 1. The summed E-state index contributed by atoms with van der Waals surface area (Å²) < 4.78 is 0. The first kappa shape index (κ1) is 17.4. The van der Waals surface area contributed by atoms with Crippen LogP contribution in [-0.4, -0.2) is 46.3 Å². The van der Waals surface area contributed by atoms with E-state index in [-0.39, 0.29) is 25.5 Å². The molecule has 0 radical (unpaired) electrons. The lowest BCUT2D eigenvalue weighted by atomic mass is 10.1. The van der Waals surface area contributed by atoms with E-state index in [2.05, 4.69) is 5.32 Å². The summed E-state index contributed by atoms with van der Waals surface area (Å²) in [4.78, 5) is 37.7. The number of halogens is 1. The molecular formula is C16H19ClN2O4. The predicted octanol–water partition coefficient (Wildman–Crippen LogP) is 0.897. The Hall–Kier alpha value is -1.92. The summed E-state index contributed by atoms with van der Waals surface area (Å²) in [7, 11) is 0. The van der Waals surface area contributed by atoms with Crippen molar-refractivity contribution in [1.82, 2.24) is 10.2 Å². The van der Waals surface area contributed by atoms with E-state index in [0.29, 0.717) is 11.4 Å². The molecule has 1 aliphatic rings. The van der Waals surface area contributed by atoms with Crippen molar-refractivity contribution in [2.45, 2.75) is 38.4 Å². The van der Waals surface area contributed by atoms with Gasteiger partial charge in [0.2, 0.25) is 11.7 Å². The minimum absolute atomic E-state index is 0.152. The number of aliphatic hydroxyl groups is 1. The Balaban J connectivity index is 2.08. The molecule has 2 atom stereocenters. The van der Waals surface area contributed by atoms with Gasteiger partial charge in [0.1, 0.15) is 6.04 Å². The molecule has 1 heterocycles. The summed E-state index contributed by atoms with van der Waals surface area (Å²) in [5.41, 5.74) is 0.839. The lowest BCUT2D eigenvalue weighted by Crippen LogP contribution is -2.48. The topological polar surface area (TPSA) is 86.7 Å². The van der Waals surface area contributed by atoms with Crippen LogP contribution < -0.4 is 5.32 Å². The first-order valence-corrected chi connectivity index (χ1v) is 7.79. The fourth-order valence-electron chi connectivity index (χ4n) is 2.48. The Bertz CT molecular complexity index is 603. The highest BCUT2D eigenvalue weighted by atomic mass is 35.5. The van der Waals surface area contributed by atoms with Crippen molar-refractivity contribution < 1.29 is 19.5 Å². The standard InChI is InChI=1S/C16H19ClN2O4/c1-10(9-20)18-16(23)15(22)13-6-7-14(21)19(13)8-11-2-4-12(17)5-3-11/h2-5,10,13,20H,6-9H2,1H3,(H,18,23). The highest BCUT2D eigenvalue weighted by Crippen LogP contribution is 2.23. The van der Waals surface area contributed by atoms with Gasteiger partial charge < -0.3 is 15.3 Å². The Morgan fingerprint density at radius 2 is 2.04 bits per heavy atom. The Kier molecular flexibility index (Phi) is 5.74. The van der Waals surface area contributed by atoms with Crippen LogP contribution in [0.2, 0.25) is 5.02 Å². The van der Waals surface area contributed by atoms with Crippen LogP contribution in [0.25, 0.3) is 0 Å². The molecule has 0 saturated carbocycles. The van der Waals surface area contributed by atoms with E-state index in [1.165, 1.54) is 4.90 Å². The van der Waals surface area contributed by atoms with Crippen LogP contribution in [-0.2, 0) is 20.9 Å². The number of likely N-dealkylation sites (tertiary alicyclic amines) is 1. The Morgan fingerprint density at radius 1 is 1.39 bits per heavy atom. The molecule has 0 aromatic heterocycles. The Labute approximate surface area is 139 Å². The zero-order valence-corrected chi connectivity index (χ0v) is 13.5. The van der Waals surface area contributed by atoms with Gasteiger partial charge in [0.05, 0.1) is 6.61 Å². The third kappa shape index (κ3) is 4.30. The van der Waals surface area contributed by atoms with Crippen molar-refractivity contribution in [3.05, 3.63) is 34.9 Å². The van der Waals surface area contributed by atoms with E-state index < -0.39 is 23.8 Å². The lowest BCUT2D eigenvalue weighted by molar-refractivity contribution is -0.143. The number of hydrogen-bond acceptors (Lipinski definition) is 4. The van der Waals surface area contributed by atoms with Crippen LogP contribution in [0.5, 0.6) is 0 Å². The summed E-state index contributed by atoms with van der Waals surface area (Å²) in [6.07, 6.45) is 0.568. The highest BCUT2D eigenvalue weighted by molar-refractivity contribution is 6.38. The molecule has 0 bridgehead atoms. The van der Waals surface area contributed by atoms with Crippen molar-refractivity contribution in [3.8, 4) is 0 Å². The van der Waals surface area contributed by atoms with Crippen LogP contribution in [0.3, 0.4) is 0 Å². The van der Waals surface area contributed by atoms with Gasteiger partial charge >= 0.3 is 0 Å². The number of aliphatic hydroxyl groups excluding tert-OH is 1. The fourth-order valence-corrected chi connectivity index (χ4v) is 2.61. The van der Waals surface area contributed by atoms with Gasteiger partial charge in [-0.2, -0.15) is 0 Å². The first-order valence-electron chi connectivity index (χ1n) is 7.42. The summed E-state index contributed by atoms with van der Waals surface area (Å²) in [6, 6.07) is 5.72. The average Bonchev–Trinajstić information content (AvgIpc) is 2.89. The van der Waals surface area contributed by atoms with Gasteiger partial charge in [0.25, 0.3) is 5.91 Å². The maximum atomic E-state index is 12.3. The van der Waals surface area contributed by atoms with Crippen LogP contribution >= 0.6 is 11.6 Å². The number of amides is 2. The molecule has 2 unspecified atom stereocenters. The van der Waals surface area contributed by atoms with E-state index in [0.717, 1.165) is 5.56 Å². The van der Waals surface area contributed by atoms with E-state index in [9.17, 15) is 14.4 Å². The number of hydrogen-bond donors (Lipinski definition) is 2. The molecule has 1 fully saturated rings. The lowest BCUT2D eigenvalue weighted by Gasteiger charge is -2.24. The molecule has 2 N–H and O–H groups in total. The average molecular weight is 339 g/mol. The largest absolute Gasteiger partial charge is 0.394 e. The molecule has 6 nitrogen and oxygen atoms in total. The Morgan fingerprint density at radius 3 is 2.65 bits per heavy atom. The molecule has 2 rings (SSSR count). The molecule has 0 spiro atoms. The van der Waals surface area contributed by atoms with E-state index in [4.69, 9.17) is 16.7 Å². The molecule has 7 heteroatoms. The molecule has 1 aromatic carbocycles. The van der Waals surface area contributed by atoms with Crippen LogP contribution in [0, 0.1) is 0 Å². The van der Waals surface area contributed by atoms with Crippen molar-refractivity contribution in [1.29, 1.82) is 0 Å². The van der Waals surface area contributed by atoms with E-state index >= 15 is 0 Å². The highest BCUT2D eigenvalue weighted by Gasteiger charge is 2.38. The summed E-state index contributed by atoms with van der Waals surface area (Å²) in [6.45, 7) is 1.60. The minimum Gasteiger partial charge on any atom is -0.394 e. The number of rotatable bonds is 6. The first-order chi connectivity index (χ1) is 10.9. The fraction of sp³-hybridized carbons (Fsp3) is 0.438. The molecule has 2 amide bonds. The summed E-state index contributed by atoms with van der Waals surface area (Å²) >= 11 is 5.83. The zero-order valence-electron chi connectivity index (χ0n) is 12.8. The van der Waals surface area contributed by atoms with Gasteiger partial charge in [-0.05, 0) is 31.0 Å². The SMILES string of the molecule is CC(CO)NC(=O)C(=O)C1CCC(=O)N1Cc1ccc(Cl)cc1. The molecule has 1 aromatic rings. The zero-order chi connectivity index (χ0) is 17.0. The van der Waals surface area contributed by atoms with Crippen molar-refractivity contribution >= 4 is 29.2 Å². The van der Waals surface area contributed by atoms with E-state index in [1.807, 2.05) is 0 Å². The normalized spacial score (nSPS) is 18.8. The van der Waals surface area contributed by atoms with Crippen LogP contribution in [0.4, 0.5) is 0 Å². The number of carbonyl (C=O) groups excluding carboxylic acids is 3. The number of nitrogens with zero attached hydrogens (tertiary/aromatic N) is 1. The molecular weight excluding hydrogens is 320 g/mol. The van der Waals surface area contributed by atoms with Gasteiger partial charge in [-0.1, -0.05) is 23.7 Å². The maximum Gasteiger partial charge on any atom is 0.289 e. The third-order valence-electron chi connectivity index (χ3n) is 3.77. The number of ketones is 1. The molecule has 124 valence electrons. The van der Waals surface area contributed by atoms with E-state index in [1.54, 1.807) is 31.2 Å². The second kappa shape index (κ2) is 7.57. The van der Waals surface area contributed by atoms with Crippen molar-refractivity contribution in [2.75, 3.05) is 6.61 Å². The number of benzene rings is 1. The minimum atomic E-state index is -0.771. The number of carbonyl (C=O) groups is 3. The molecule has 23 heavy (non-hydrogen) atoms. The summed E-state index contributed by atoms with van der Waals surface area (Å²) in [5.74, 6) is -1.57. The van der Waals surface area contributed by atoms with Crippen LogP contribution in [0.15, 0.2) is 24.3 Å². The smallest absolute Gasteiger partial charge is 0.289 e. The van der Waals surface area contributed by atoms with Gasteiger partial charge in [-0.25, -0.2) is 0 Å². The quantitative estimate of drug-likeness (QED) is 0.754. The predicted molar refractivity (Wildman–Crippen MR) is 84.7 cm³/mol. The third-order valence-corrected chi connectivity index (χ3v) is 4.02. The second-order valence-corrected chi connectivity index (χ2v) is 6.06. The molecule has 1 saturated heterocycles. The maximum absolute atomic E-state index is 12.3. The van der Waals surface area contributed by atoms with Gasteiger partial charge in [0.15, 0.2) is 0 Å². The monoisotopic (exact) mass is 338 g/mol. The molecule has 1 aliphatic heterocycles. The molecule has 0 aliphatic carbocycles. The van der Waals surface area contributed by atoms with Gasteiger partial charge in [-0.15, -0.1) is 0 Å². The summed E-state index contributed by atoms with van der Waals surface area (Å²) in [5, 5.41) is 11.9. The van der Waals surface area contributed by atoms with Gasteiger partial charge in [0, 0.05) is 24.0 Å². The van der Waals surface area contributed by atoms with Gasteiger partial charge in [-0.3, -0.25) is 14.4 Å².